The third-order valence-corrected chi connectivity index (χ3v) is 4.68. The number of carbonyl (C=O) groups excluding carboxylic acids is 3. The lowest BCUT2D eigenvalue weighted by atomic mass is 9.91. The van der Waals surface area contributed by atoms with Crippen LogP contribution in [0.3, 0.4) is 0 Å². The molecule has 1 N–H and O–H groups in total. The van der Waals surface area contributed by atoms with Crippen LogP contribution < -0.4 is 5.32 Å². The van der Waals surface area contributed by atoms with Crippen LogP contribution in [0.2, 0.25) is 0 Å². The minimum Gasteiger partial charge on any atom is -0.354 e. The van der Waals surface area contributed by atoms with E-state index in [-0.39, 0.29) is 29.7 Å². The summed E-state index contributed by atoms with van der Waals surface area (Å²) in [7, 11) is 0. The molecule has 1 aromatic carbocycles. The van der Waals surface area contributed by atoms with Crippen LogP contribution in [0, 0.1) is 11.3 Å². The molecule has 0 aliphatic carbocycles. The van der Waals surface area contributed by atoms with E-state index in [9.17, 15) is 14.4 Å². The summed E-state index contributed by atoms with van der Waals surface area (Å²) in [5.41, 5.74) is 0.433. The largest absolute Gasteiger partial charge is 0.354 e. The summed E-state index contributed by atoms with van der Waals surface area (Å²) in [4.78, 5) is 41.9. The number of carbonyl (C=O) groups is 3. The number of hydrogen-bond donors (Lipinski definition) is 1. The van der Waals surface area contributed by atoms with Gasteiger partial charge in [-0.1, -0.05) is 52.8 Å². The number of rotatable bonds is 5. The molecule has 1 fully saturated rings. The first-order valence-electron chi connectivity index (χ1n) is 10.00. The van der Waals surface area contributed by atoms with Crippen molar-refractivity contribution in [2.45, 2.75) is 47.1 Å². The van der Waals surface area contributed by atoms with E-state index < -0.39 is 6.04 Å². The summed E-state index contributed by atoms with van der Waals surface area (Å²) in [6.45, 7) is 11.7. The van der Waals surface area contributed by atoms with Gasteiger partial charge in [-0.05, 0) is 23.5 Å². The Morgan fingerprint density at radius 2 is 1.75 bits per heavy atom. The molecule has 6 nitrogen and oxygen atoms in total. The highest BCUT2D eigenvalue weighted by atomic mass is 16.2. The number of amides is 3. The molecule has 0 bridgehead atoms. The van der Waals surface area contributed by atoms with Gasteiger partial charge in [0, 0.05) is 31.6 Å². The van der Waals surface area contributed by atoms with Crippen molar-refractivity contribution >= 4 is 17.7 Å². The average molecular weight is 388 g/mol. The Bertz CT molecular complexity index is 695. The molecule has 1 aliphatic heterocycles. The predicted octanol–water partition coefficient (Wildman–Crippen LogP) is 2.55. The Kier molecular flexibility index (Phi) is 7.22. The van der Waals surface area contributed by atoms with Gasteiger partial charge in [0.15, 0.2) is 0 Å². The van der Waals surface area contributed by atoms with E-state index in [1.54, 1.807) is 21.9 Å². The molecule has 0 radical (unpaired) electrons. The van der Waals surface area contributed by atoms with Crippen molar-refractivity contribution in [2.75, 3.05) is 26.2 Å². The van der Waals surface area contributed by atoms with Crippen molar-refractivity contribution in [2.24, 2.45) is 11.3 Å². The first kappa shape index (κ1) is 21.9. The van der Waals surface area contributed by atoms with Gasteiger partial charge in [0.25, 0.3) is 5.91 Å². The SMILES string of the molecule is CC(C)CNC(=O)C1CN(C(=O)CC(C)(C)C)CCN1C(=O)c1ccccc1. The summed E-state index contributed by atoms with van der Waals surface area (Å²) < 4.78 is 0. The van der Waals surface area contributed by atoms with Gasteiger partial charge in [-0.2, -0.15) is 0 Å². The van der Waals surface area contributed by atoms with E-state index in [2.05, 4.69) is 5.32 Å². The van der Waals surface area contributed by atoms with Crippen LogP contribution in [-0.4, -0.2) is 59.7 Å². The number of nitrogens with one attached hydrogen (secondary N) is 1. The highest BCUT2D eigenvalue weighted by Gasteiger charge is 2.37. The van der Waals surface area contributed by atoms with Crippen LogP contribution in [-0.2, 0) is 9.59 Å². The minimum atomic E-state index is -0.677. The van der Waals surface area contributed by atoms with Crippen LogP contribution in [0.4, 0.5) is 0 Å². The molecular weight excluding hydrogens is 354 g/mol. The molecule has 2 rings (SSSR count). The summed E-state index contributed by atoms with van der Waals surface area (Å²) in [6.07, 6.45) is 0.417. The Labute approximate surface area is 168 Å². The highest BCUT2D eigenvalue weighted by molar-refractivity contribution is 5.98. The zero-order valence-corrected chi connectivity index (χ0v) is 17.7. The maximum absolute atomic E-state index is 13.0. The molecule has 1 atom stereocenters. The van der Waals surface area contributed by atoms with Gasteiger partial charge in [0.2, 0.25) is 11.8 Å². The van der Waals surface area contributed by atoms with E-state index in [0.29, 0.717) is 37.5 Å². The maximum atomic E-state index is 13.0. The van der Waals surface area contributed by atoms with Gasteiger partial charge in [-0.25, -0.2) is 0 Å². The van der Waals surface area contributed by atoms with E-state index >= 15 is 0 Å². The Balaban J connectivity index is 2.19. The molecule has 1 unspecified atom stereocenters. The van der Waals surface area contributed by atoms with Crippen molar-refractivity contribution in [1.29, 1.82) is 0 Å². The Hall–Kier alpha value is -2.37. The van der Waals surface area contributed by atoms with Crippen molar-refractivity contribution in [3.8, 4) is 0 Å². The lowest BCUT2D eigenvalue weighted by molar-refractivity contribution is -0.138. The molecule has 0 aromatic heterocycles. The molecule has 154 valence electrons. The van der Waals surface area contributed by atoms with Gasteiger partial charge in [-0.15, -0.1) is 0 Å². The van der Waals surface area contributed by atoms with Gasteiger partial charge >= 0.3 is 0 Å². The molecule has 3 amide bonds. The van der Waals surface area contributed by atoms with Crippen molar-refractivity contribution < 1.29 is 14.4 Å². The third-order valence-electron chi connectivity index (χ3n) is 4.68. The van der Waals surface area contributed by atoms with Crippen molar-refractivity contribution in [3.63, 3.8) is 0 Å². The van der Waals surface area contributed by atoms with Crippen LogP contribution in [0.25, 0.3) is 0 Å². The van der Waals surface area contributed by atoms with Crippen molar-refractivity contribution in [3.05, 3.63) is 35.9 Å². The monoisotopic (exact) mass is 387 g/mol. The van der Waals surface area contributed by atoms with Crippen LogP contribution in [0.5, 0.6) is 0 Å². The molecular formula is C22H33N3O3. The van der Waals surface area contributed by atoms with E-state index in [1.807, 2.05) is 52.8 Å². The average Bonchev–Trinajstić information content (AvgIpc) is 2.64. The zero-order valence-electron chi connectivity index (χ0n) is 17.7. The molecule has 1 aromatic rings. The number of nitrogens with zero attached hydrogens (tertiary/aromatic N) is 2. The quantitative estimate of drug-likeness (QED) is 0.844. The van der Waals surface area contributed by atoms with Gasteiger partial charge < -0.3 is 15.1 Å². The number of piperazine rings is 1. The third kappa shape index (κ3) is 6.08. The molecule has 1 saturated heterocycles. The fourth-order valence-corrected chi connectivity index (χ4v) is 3.21. The summed E-state index contributed by atoms with van der Waals surface area (Å²) >= 11 is 0. The topological polar surface area (TPSA) is 69.7 Å². The van der Waals surface area contributed by atoms with Gasteiger partial charge in [0.05, 0.1) is 6.54 Å². The van der Waals surface area contributed by atoms with Gasteiger partial charge in [0.1, 0.15) is 6.04 Å². The molecule has 1 aliphatic rings. The molecule has 0 saturated carbocycles. The molecule has 28 heavy (non-hydrogen) atoms. The molecule has 1 heterocycles. The van der Waals surface area contributed by atoms with Crippen LogP contribution in [0.15, 0.2) is 30.3 Å². The van der Waals surface area contributed by atoms with Crippen molar-refractivity contribution in [1.82, 2.24) is 15.1 Å². The first-order chi connectivity index (χ1) is 13.1. The highest BCUT2D eigenvalue weighted by Crippen LogP contribution is 2.22. The zero-order chi connectivity index (χ0) is 20.9. The smallest absolute Gasteiger partial charge is 0.254 e. The molecule has 0 spiro atoms. The second-order valence-electron chi connectivity index (χ2n) is 9.10. The lowest BCUT2D eigenvalue weighted by Gasteiger charge is -2.41. The first-order valence-corrected chi connectivity index (χ1v) is 10.00. The number of benzene rings is 1. The van der Waals surface area contributed by atoms with Crippen LogP contribution in [0.1, 0.15) is 51.4 Å². The maximum Gasteiger partial charge on any atom is 0.254 e. The Morgan fingerprint density at radius 3 is 2.32 bits per heavy atom. The fraction of sp³-hybridized carbons (Fsp3) is 0.591. The minimum absolute atomic E-state index is 0.0287. The second-order valence-corrected chi connectivity index (χ2v) is 9.10. The van der Waals surface area contributed by atoms with Crippen LogP contribution >= 0.6 is 0 Å². The van der Waals surface area contributed by atoms with E-state index in [4.69, 9.17) is 0 Å². The standard InChI is InChI=1S/C22H33N3O3/c1-16(2)14-23-20(27)18-15-24(19(26)13-22(3,4)5)11-12-25(18)21(28)17-9-7-6-8-10-17/h6-10,16,18H,11-15H2,1-5H3,(H,23,27). The number of hydrogen-bond acceptors (Lipinski definition) is 3. The van der Waals surface area contributed by atoms with E-state index in [1.165, 1.54) is 0 Å². The Morgan fingerprint density at radius 1 is 1.11 bits per heavy atom. The summed E-state index contributed by atoms with van der Waals surface area (Å²) in [5.74, 6) is -0.0372. The molecule has 6 heteroatoms. The predicted molar refractivity (Wildman–Crippen MR) is 110 cm³/mol. The summed E-state index contributed by atoms with van der Waals surface area (Å²) in [5, 5.41) is 2.93. The van der Waals surface area contributed by atoms with Gasteiger partial charge in [-0.3, -0.25) is 14.4 Å². The normalized spacial score (nSPS) is 17.6. The summed E-state index contributed by atoms with van der Waals surface area (Å²) in [6, 6.07) is 8.30. The lowest BCUT2D eigenvalue weighted by Crippen LogP contribution is -2.61. The van der Waals surface area contributed by atoms with E-state index in [0.717, 1.165) is 0 Å². The second kappa shape index (κ2) is 9.22. The fourth-order valence-electron chi connectivity index (χ4n) is 3.21.